The lowest BCUT2D eigenvalue weighted by Crippen LogP contribution is -2.41. The molecule has 1 aliphatic heterocycles. The molecule has 1 aliphatic rings. The average molecular weight is 265 g/mol. The lowest BCUT2D eigenvalue weighted by molar-refractivity contribution is 0.238. The molecular weight excluding hydrogens is 245 g/mol. The Balaban J connectivity index is 1.80. The number of anilines is 1. The fourth-order valence-corrected chi connectivity index (χ4v) is 2.48. The number of nitrogens with zero attached hydrogens (tertiary/aromatic N) is 1. The Hall–Kier alpha value is -1.62. The number of likely N-dealkylation sites (tertiary alicyclic amines) is 1. The second kappa shape index (κ2) is 6.52. The summed E-state index contributed by atoms with van der Waals surface area (Å²) in [4.78, 5) is 14.1. The number of urea groups is 1. The van der Waals surface area contributed by atoms with Crippen LogP contribution in [0.5, 0.6) is 0 Å². The second-order valence-electron chi connectivity index (χ2n) is 4.74. The Bertz CT molecular complexity index is 438. The van der Waals surface area contributed by atoms with Crippen LogP contribution in [0, 0.1) is 5.82 Å². The molecule has 0 saturated carbocycles. The standard InChI is InChI=1S/C14H20FN3O/c1-2-18-9-5-6-11(18)10-16-14(19)17-13-8-4-3-7-12(13)15/h3-4,7-8,11H,2,5-6,9-10H2,1H3,(H2,16,17,19)/t11-/m0/s1. The molecule has 0 bridgehead atoms. The summed E-state index contributed by atoms with van der Waals surface area (Å²) in [5, 5.41) is 5.33. The number of para-hydroxylation sites is 1. The molecule has 1 saturated heterocycles. The van der Waals surface area contributed by atoms with Gasteiger partial charge >= 0.3 is 6.03 Å². The van der Waals surface area contributed by atoms with Crippen LogP contribution >= 0.6 is 0 Å². The maximum atomic E-state index is 13.4. The molecule has 0 radical (unpaired) electrons. The zero-order valence-electron chi connectivity index (χ0n) is 11.2. The largest absolute Gasteiger partial charge is 0.336 e. The Morgan fingerprint density at radius 3 is 3.00 bits per heavy atom. The number of nitrogens with one attached hydrogen (secondary N) is 2. The number of amides is 2. The van der Waals surface area contributed by atoms with E-state index in [0.29, 0.717) is 12.6 Å². The Morgan fingerprint density at radius 2 is 2.26 bits per heavy atom. The summed E-state index contributed by atoms with van der Waals surface area (Å²) >= 11 is 0. The molecule has 0 unspecified atom stereocenters. The highest BCUT2D eigenvalue weighted by Crippen LogP contribution is 2.16. The van der Waals surface area contributed by atoms with Crippen LogP contribution in [0.25, 0.3) is 0 Å². The minimum atomic E-state index is -0.422. The predicted molar refractivity (Wildman–Crippen MR) is 73.7 cm³/mol. The summed E-state index contributed by atoms with van der Waals surface area (Å²) in [5.74, 6) is -0.422. The normalized spacial score (nSPS) is 19.4. The molecular formula is C14H20FN3O. The summed E-state index contributed by atoms with van der Waals surface area (Å²) in [7, 11) is 0. The zero-order chi connectivity index (χ0) is 13.7. The number of hydrogen-bond donors (Lipinski definition) is 2. The van der Waals surface area contributed by atoms with E-state index in [2.05, 4.69) is 22.5 Å². The van der Waals surface area contributed by atoms with E-state index >= 15 is 0 Å². The average Bonchev–Trinajstić information content (AvgIpc) is 2.86. The van der Waals surface area contributed by atoms with Gasteiger partial charge in [0.25, 0.3) is 0 Å². The van der Waals surface area contributed by atoms with E-state index < -0.39 is 5.82 Å². The summed E-state index contributed by atoms with van der Waals surface area (Å²) < 4.78 is 13.4. The van der Waals surface area contributed by atoms with Gasteiger partial charge in [0, 0.05) is 12.6 Å². The van der Waals surface area contributed by atoms with Gasteiger partial charge < -0.3 is 10.6 Å². The number of carbonyl (C=O) groups is 1. The number of hydrogen-bond acceptors (Lipinski definition) is 2. The van der Waals surface area contributed by atoms with Gasteiger partial charge in [-0.3, -0.25) is 4.90 Å². The molecule has 1 fully saturated rings. The minimum Gasteiger partial charge on any atom is -0.336 e. The molecule has 19 heavy (non-hydrogen) atoms. The van der Waals surface area contributed by atoms with Gasteiger partial charge in [-0.05, 0) is 38.1 Å². The van der Waals surface area contributed by atoms with Gasteiger partial charge in [-0.25, -0.2) is 9.18 Å². The maximum Gasteiger partial charge on any atom is 0.319 e. The quantitative estimate of drug-likeness (QED) is 0.878. The van der Waals surface area contributed by atoms with Crippen molar-refractivity contribution in [3.8, 4) is 0 Å². The van der Waals surface area contributed by atoms with E-state index in [4.69, 9.17) is 0 Å². The predicted octanol–water partition coefficient (Wildman–Crippen LogP) is 2.43. The summed E-state index contributed by atoms with van der Waals surface area (Å²) in [6.45, 7) is 4.82. The van der Waals surface area contributed by atoms with Crippen molar-refractivity contribution in [2.24, 2.45) is 0 Å². The van der Waals surface area contributed by atoms with Crippen LogP contribution in [-0.4, -0.2) is 36.6 Å². The van der Waals surface area contributed by atoms with Crippen LogP contribution in [0.3, 0.4) is 0 Å². The molecule has 2 N–H and O–H groups in total. The van der Waals surface area contributed by atoms with E-state index in [-0.39, 0.29) is 11.7 Å². The molecule has 0 aliphatic carbocycles. The van der Waals surface area contributed by atoms with Gasteiger partial charge in [-0.1, -0.05) is 19.1 Å². The first kappa shape index (κ1) is 13.8. The second-order valence-corrected chi connectivity index (χ2v) is 4.74. The van der Waals surface area contributed by atoms with Gasteiger partial charge in [-0.15, -0.1) is 0 Å². The van der Waals surface area contributed by atoms with Gasteiger partial charge in [0.05, 0.1) is 5.69 Å². The number of halogens is 1. The van der Waals surface area contributed by atoms with Crippen molar-refractivity contribution in [3.63, 3.8) is 0 Å². The van der Waals surface area contributed by atoms with E-state index in [1.165, 1.54) is 12.5 Å². The SMILES string of the molecule is CCN1CCC[C@H]1CNC(=O)Nc1ccccc1F. The van der Waals surface area contributed by atoms with Crippen molar-refractivity contribution < 1.29 is 9.18 Å². The Kier molecular flexibility index (Phi) is 4.74. The highest BCUT2D eigenvalue weighted by molar-refractivity contribution is 5.89. The smallest absolute Gasteiger partial charge is 0.319 e. The van der Waals surface area contributed by atoms with Crippen LogP contribution in [0.4, 0.5) is 14.9 Å². The number of benzene rings is 1. The highest BCUT2D eigenvalue weighted by Gasteiger charge is 2.23. The van der Waals surface area contributed by atoms with E-state index in [9.17, 15) is 9.18 Å². The third-order valence-electron chi connectivity index (χ3n) is 3.53. The van der Waals surface area contributed by atoms with Crippen molar-refractivity contribution in [2.75, 3.05) is 25.0 Å². The first-order valence-electron chi connectivity index (χ1n) is 6.74. The monoisotopic (exact) mass is 265 g/mol. The van der Waals surface area contributed by atoms with Gasteiger partial charge in [0.1, 0.15) is 5.82 Å². The molecule has 1 aromatic rings. The Morgan fingerprint density at radius 1 is 1.47 bits per heavy atom. The molecule has 1 atom stereocenters. The molecule has 4 nitrogen and oxygen atoms in total. The lowest BCUT2D eigenvalue weighted by atomic mass is 10.2. The van der Waals surface area contributed by atoms with Gasteiger partial charge in [0.15, 0.2) is 0 Å². The molecule has 0 aromatic heterocycles. The molecule has 2 rings (SSSR count). The van der Waals surface area contributed by atoms with E-state index in [1.807, 2.05) is 0 Å². The number of carbonyl (C=O) groups excluding carboxylic acids is 1. The highest BCUT2D eigenvalue weighted by atomic mass is 19.1. The van der Waals surface area contributed by atoms with Gasteiger partial charge in [0.2, 0.25) is 0 Å². The van der Waals surface area contributed by atoms with Crippen LogP contribution < -0.4 is 10.6 Å². The summed E-state index contributed by atoms with van der Waals surface area (Å²) in [6.07, 6.45) is 2.28. The molecule has 0 spiro atoms. The number of rotatable bonds is 4. The third-order valence-corrected chi connectivity index (χ3v) is 3.53. The van der Waals surface area contributed by atoms with Crippen molar-refractivity contribution >= 4 is 11.7 Å². The van der Waals surface area contributed by atoms with Crippen LogP contribution in [0.1, 0.15) is 19.8 Å². The Labute approximate surface area is 113 Å². The van der Waals surface area contributed by atoms with Crippen LogP contribution in [0.15, 0.2) is 24.3 Å². The van der Waals surface area contributed by atoms with Crippen LogP contribution in [0.2, 0.25) is 0 Å². The van der Waals surface area contributed by atoms with Gasteiger partial charge in [-0.2, -0.15) is 0 Å². The van der Waals surface area contributed by atoms with Crippen LogP contribution in [-0.2, 0) is 0 Å². The first-order chi connectivity index (χ1) is 9.20. The molecule has 104 valence electrons. The zero-order valence-corrected chi connectivity index (χ0v) is 11.2. The molecule has 2 amide bonds. The fourth-order valence-electron chi connectivity index (χ4n) is 2.48. The van der Waals surface area contributed by atoms with Crippen molar-refractivity contribution in [2.45, 2.75) is 25.8 Å². The fraction of sp³-hybridized carbons (Fsp3) is 0.500. The summed E-state index contributed by atoms with van der Waals surface area (Å²) in [6, 6.07) is 6.20. The summed E-state index contributed by atoms with van der Waals surface area (Å²) in [5.41, 5.74) is 0.207. The maximum absolute atomic E-state index is 13.4. The van der Waals surface area contributed by atoms with E-state index in [0.717, 1.165) is 19.5 Å². The van der Waals surface area contributed by atoms with E-state index in [1.54, 1.807) is 18.2 Å². The minimum absolute atomic E-state index is 0.207. The van der Waals surface area contributed by atoms with Crippen molar-refractivity contribution in [3.05, 3.63) is 30.1 Å². The number of likely N-dealkylation sites (N-methyl/N-ethyl adjacent to an activating group) is 1. The van der Waals surface area contributed by atoms with Crippen molar-refractivity contribution in [1.82, 2.24) is 10.2 Å². The molecule has 1 heterocycles. The topological polar surface area (TPSA) is 44.4 Å². The molecule has 1 aromatic carbocycles. The molecule has 5 heteroatoms. The third kappa shape index (κ3) is 3.67. The first-order valence-corrected chi connectivity index (χ1v) is 6.74. The lowest BCUT2D eigenvalue weighted by Gasteiger charge is -2.22. The van der Waals surface area contributed by atoms with Crippen molar-refractivity contribution in [1.29, 1.82) is 0 Å².